The highest BCUT2D eigenvalue weighted by Gasteiger charge is 2.36. The molecule has 0 aromatic heterocycles. The summed E-state index contributed by atoms with van der Waals surface area (Å²) < 4.78 is 16.7. The molecule has 0 bridgehead atoms. The molecular formula is C39H52N3O8+. The van der Waals surface area contributed by atoms with Crippen LogP contribution in [0.25, 0.3) is 0 Å². The molecule has 2 aliphatic rings. The van der Waals surface area contributed by atoms with E-state index in [9.17, 15) is 25.0 Å². The molecule has 50 heavy (non-hydrogen) atoms. The fraction of sp³-hybridized carbons (Fsp3) is 0.487. The molecule has 5 N–H and O–H groups in total. The molecule has 0 unspecified atom stereocenters. The first-order valence-electron chi connectivity index (χ1n) is 17.5. The van der Waals surface area contributed by atoms with Gasteiger partial charge in [-0.2, -0.15) is 4.65 Å². The molecule has 5 atom stereocenters. The van der Waals surface area contributed by atoms with Crippen LogP contribution in [0.3, 0.4) is 0 Å². The molecule has 270 valence electrons. The van der Waals surface area contributed by atoms with Gasteiger partial charge in [-0.05, 0) is 74.4 Å². The number of morpholine rings is 1. The number of hydrogen-bond acceptors (Lipinski definition) is 8. The Morgan fingerprint density at radius 1 is 0.940 bits per heavy atom. The van der Waals surface area contributed by atoms with E-state index in [1.54, 1.807) is 20.8 Å². The van der Waals surface area contributed by atoms with Crippen molar-refractivity contribution in [1.82, 2.24) is 10.6 Å². The Morgan fingerprint density at radius 3 is 2.30 bits per heavy atom. The smallest absolute Gasteiger partial charge is 0.407 e. The van der Waals surface area contributed by atoms with E-state index in [4.69, 9.17) is 14.2 Å². The molecule has 0 saturated carbocycles. The average Bonchev–Trinajstić information content (AvgIpc) is 3.39. The van der Waals surface area contributed by atoms with Gasteiger partial charge < -0.3 is 35.1 Å². The quantitative estimate of drug-likeness (QED) is 0.159. The van der Waals surface area contributed by atoms with E-state index in [1.165, 1.54) is 0 Å². The number of aliphatic hydroxyl groups is 2. The predicted octanol–water partition coefficient (Wildman–Crippen LogP) is 4.12. The number of carbonyl (C=O) groups excluding carboxylic acids is 2. The van der Waals surface area contributed by atoms with Crippen molar-refractivity contribution in [2.75, 3.05) is 39.5 Å². The van der Waals surface area contributed by atoms with Gasteiger partial charge in [0.1, 0.15) is 37.6 Å². The summed E-state index contributed by atoms with van der Waals surface area (Å²) in [4.78, 5) is 27.0. The zero-order valence-corrected chi connectivity index (χ0v) is 29.3. The Kier molecular flexibility index (Phi) is 12.5. The van der Waals surface area contributed by atoms with E-state index < -0.39 is 41.9 Å². The van der Waals surface area contributed by atoms with Crippen LogP contribution in [-0.4, -0.2) is 95.4 Å². The van der Waals surface area contributed by atoms with E-state index in [0.717, 1.165) is 22.3 Å². The summed E-state index contributed by atoms with van der Waals surface area (Å²) in [5.74, 6) is -0.358. The van der Waals surface area contributed by atoms with Crippen LogP contribution in [0.15, 0.2) is 78.9 Å². The largest absolute Gasteiger partial charge is 0.488 e. The van der Waals surface area contributed by atoms with Crippen molar-refractivity contribution in [3.05, 3.63) is 101 Å². The minimum absolute atomic E-state index is 0.0437. The number of hydroxylamine groups is 3. The van der Waals surface area contributed by atoms with Gasteiger partial charge in [0.2, 0.25) is 5.91 Å². The third-order valence-corrected chi connectivity index (χ3v) is 9.35. The molecule has 11 nitrogen and oxygen atoms in total. The van der Waals surface area contributed by atoms with Gasteiger partial charge in [0, 0.05) is 12.3 Å². The number of nitrogens with one attached hydrogen (secondary N) is 2. The lowest BCUT2D eigenvalue weighted by Gasteiger charge is -2.33. The number of benzene rings is 3. The molecule has 0 spiro atoms. The summed E-state index contributed by atoms with van der Waals surface area (Å²) in [7, 11) is 0. The summed E-state index contributed by atoms with van der Waals surface area (Å²) in [6, 6.07) is 23.3. The number of nitrogens with zero attached hydrogens (tertiary/aromatic N) is 1. The number of hydrogen-bond donors (Lipinski definition) is 5. The number of amides is 2. The lowest BCUT2D eigenvalue weighted by Crippen LogP contribution is -2.54. The number of fused-ring (bicyclic) bond motifs is 1. The highest BCUT2D eigenvalue weighted by molar-refractivity contribution is 5.80. The van der Waals surface area contributed by atoms with Crippen molar-refractivity contribution in [2.24, 2.45) is 5.92 Å². The van der Waals surface area contributed by atoms with Crippen molar-refractivity contribution in [2.45, 2.75) is 76.3 Å². The maximum Gasteiger partial charge on any atom is 0.407 e. The van der Waals surface area contributed by atoms with Gasteiger partial charge in [-0.25, -0.2) is 10.0 Å². The van der Waals surface area contributed by atoms with Gasteiger partial charge >= 0.3 is 6.09 Å². The van der Waals surface area contributed by atoms with Crippen LogP contribution in [0.2, 0.25) is 0 Å². The monoisotopic (exact) mass is 690 g/mol. The third-order valence-electron chi connectivity index (χ3n) is 9.35. The molecule has 11 heteroatoms. The van der Waals surface area contributed by atoms with Crippen molar-refractivity contribution in [3.63, 3.8) is 0 Å². The van der Waals surface area contributed by atoms with E-state index in [-0.39, 0.29) is 17.0 Å². The number of aliphatic hydroxyl groups excluding tert-OH is 2. The molecule has 3 aromatic rings. The Morgan fingerprint density at radius 2 is 1.60 bits per heavy atom. The van der Waals surface area contributed by atoms with Crippen LogP contribution in [0.5, 0.6) is 5.75 Å². The molecule has 1 saturated heterocycles. The first kappa shape index (κ1) is 37.3. The topological polar surface area (TPSA) is 147 Å². The summed E-state index contributed by atoms with van der Waals surface area (Å²) in [6.45, 7) is 8.20. The first-order chi connectivity index (χ1) is 23.9. The highest BCUT2D eigenvalue weighted by atomic mass is 16.6. The standard InChI is InChI=1S/C39H51N3O8/c1-39(2,3)50-38(46)40-33(24-27-9-5-4-6-10-27)34(43)26-30(37(45)41-36-32-12-8-7-11-29(32)25-35(36)44)23-28-13-15-31(16-14-28)49-22-19-42(47)17-20-48-21-18-42/h4-16,30,33-36,43-44,47H,17-26H2,1-3H3,(H-,40,41,45,46)/p+1/t30-,33-,34-,35+,36-/m0/s1. The molecule has 5 rings (SSSR count). The van der Waals surface area contributed by atoms with E-state index in [2.05, 4.69) is 10.6 Å². The van der Waals surface area contributed by atoms with Gasteiger partial charge in [-0.15, -0.1) is 0 Å². The molecule has 1 heterocycles. The number of ether oxygens (including phenoxy) is 3. The van der Waals surface area contributed by atoms with E-state index >= 15 is 0 Å². The maximum atomic E-state index is 14.1. The second-order valence-electron chi connectivity index (χ2n) is 14.5. The fourth-order valence-corrected chi connectivity index (χ4v) is 6.61. The number of carbonyl (C=O) groups is 2. The molecule has 2 amide bonds. The summed E-state index contributed by atoms with van der Waals surface area (Å²) in [6.07, 6.45) is -1.40. The number of alkyl carbamates (subject to hydrolysis) is 1. The minimum Gasteiger partial charge on any atom is -0.488 e. The van der Waals surface area contributed by atoms with Crippen molar-refractivity contribution >= 4 is 12.0 Å². The SMILES string of the molecule is CC(C)(C)OC(=O)N[C@@H](Cc1ccccc1)[C@@H](O)C[C@H](Cc1ccc(OCC[N+]2(O)CCOCC2)cc1)C(=O)N[C@H]1c2ccccc2C[C@H]1O. The minimum atomic E-state index is -1.10. The zero-order chi connectivity index (χ0) is 35.7. The number of rotatable bonds is 14. The fourth-order valence-electron chi connectivity index (χ4n) is 6.61. The first-order valence-corrected chi connectivity index (χ1v) is 17.5. The molecule has 3 aromatic carbocycles. The van der Waals surface area contributed by atoms with Crippen LogP contribution < -0.4 is 15.4 Å². The van der Waals surface area contributed by atoms with Gasteiger partial charge in [-0.3, -0.25) is 4.79 Å². The van der Waals surface area contributed by atoms with Crippen molar-refractivity contribution < 1.29 is 43.9 Å². The molecule has 1 fully saturated rings. The van der Waals surface area contributed by atoms with Gasteiger partial charge in [-0.1, -0.05) is 66.7 Å². The molecule has 1 aliphatic carbocycles. The molecular weight excluding hydrogens is 638 g/mol. The summed E-state index contributed by atoms with van der Waals surface area (Å²) in [5, 5.41) is 39.2. The zero-order valence-electron chi connectivity index (χ0n) is 29.3. The number of quaternary nitrogens is 1. The Labute approximate surface area is 294 Å². The van der Waals surface area contributed by atoms with Crippen LogP contribution in [0, 0.1) is 5.92 Å². The lowest BCUT2D eigenvalue weighted by molar-refractivity contribution is -1.11. The predicted molar refractivity (Wildman–Crippen MR) is 188 cm³/mol. The van der Waals surface area contributed by atoms with Crippen molar-refractivity contribution in [3.8, 4) is 5.75 Å². The van der Waals surface area contributed by atoms with Crippen LogP contribution in [-0.2, 0) is 33.5 Å². The second kappa shape index (κ2) is 16.8. The molecule has 1 aliphatic heterocycles. The normalized spacial score (nSPS) is 20.2. The van der Waals surface area contributed by atoms with Gasteiger partial charge in [0.25, 0.3) is 0 Å². The van der Waals surface area contributed by atoms with E-state index in [0.29, 0.717) is 64.5 Å². The van der Waals surface area contributed by atoms with Crippen LogP contribution in [0.4, 0.5) is 4.79 Å². The Hall–Kier alpha value is -4.00. The maximum absolute atomic E-state index is 14.1. The second-order valence-corrected chi connectivity index (χ2v) is 14.5. The van der Waals surface area contributed by atoms with Crippen molar-refractivity contribution in [1.29, 1.82) is 0 Å². The van der Waals surface area contributed by atoms with Gasteiger partial charge in [0.05, 0.1) is 37.5 Å². The molecule has 0 radical (unpaired) electrons. The van der Waals surface area contributed by atoms with Crippen LogP contribution in [0.1, 0.15) is 55.5 Å². The average molecular weight is 691 g/mol. The highest BCUT2D eigenvalue weighted by Crippen LogP contribution is 2.32. The third kappa shape index (κ3) is 10.7. The lowest BCUT2D eigenvalue weighted by atomic mass is 9.88. The van der Waals surface area contributed by atoms with Gasteiger partial charge in [0.15, 0.2) is 0 Å². The van der Waals surface area contributed by atoms with Crippen LogP contribution >= 0.6 is 0 Å². The summed E-state index contributed by atoms with van der Waals surface area (Å²) >= 11 is 0. The Bertz CT molecular complexity index is 1540. The Balaban J connectivity index is 1.31. The van der Waals surface area contributed by atoms with E-state index in [1.807, 2.05) is 78.9 Å². The summed E-state index contributed by atoms with van der Waals surface area (Å²) in [5.41, 5.74) is 2.91.